The van der Waals surface area contributed by atoms with Crippen LogP contribution >= 0.6 is 11.6 Å². The monoisotopic (exact) mass is 188 g/mol. The van der Waals surface area contributed by atoms with Crippen molar-refractivity contribution in [3.8, 4) is 0 Å². The van der Waals surface area contributed by atoms with Gasteiger partial charge in [0.2, 0.25) is 0 Å². The maximum absolute atomic E-state index is 6.37. The Hall–Kier alpha value is 0.250. The predicted molar refractivity (Wildman–Crippen MR) is 50.6 cm³/mol. The van der Waals surface area contributed by atoms with E-state index in [-0.39, 0.29) is 16.6 Å². The van der Waals surface area contributed by atoms with Crippen molar-refractivity contribution in [2.75, 3.05) is 0 Å². The molecule has 2 rings (SSSR count). The van der Waals surface area contributed by atoms with Crippen molar-refractivity contribution < 1.29 is 4.74 Å². The third kappa shape index (κ3) is 1.18. The van der Waals surface area contributed by atoms with Gasteiger partial charge in [0, 0.05) is 0 Å². The van der Waals surface area contributed by atoms with Gasteiger partial charge >= 0.3 is 0 Å². The maximum atomic E-state index is 6.37. The zero-order valence-electron chi connectivity index (χ0n) is 8.06. The first-order valence-electron chi connectivity index (χ1n) is 4.78. The molecule has 1 heterocycles. The van der Waals surface area contributed by atoms with Crippen molar-refractivity contribution in [2.45, 2.75) is 56.6 Å². The first-order valence-corrected chi connectivity index (χ1v) is 5.16. The van der Waals surface area contributed by atoms with E-state index in [1.54, 1.807) is 0 Å². The van der Waals surface area contributed by atoms with E-state index in [2.05, 4.69) is 20.8 Å². The molecular formula is C10H17ClO. The van der Waals surface area contributed by atoms with Crippen molar-refractivity contribution in [1.29, 1.82) is 0 Å². The molecule has 0 aromatic carbocycles. The second-order valence-corrected chi connectivity index (χ2v) is 5.82. The Morgan fingerprint density at radius 2 is 2.00 bits per heavy atom. The zero-order chi connectivity index (χ0) is 8.98. The summed E-state index contributed by atoms with van der Waals surface area (Å²) in [7, 11) is 0. The third-order valence-corrected chi connectivity index (χ3v) is 4.01. The minimum atomic E-state index is -0.107. The van der Waals surface area contributed by atoms with Gasteiger partial charge in [0.15, 0.2) is 0 Å². The van der Waals surface area contributed by atoms with Gasteiger partial charge in [-0.15, -0.1) is 11.6 Å². The Labute approximate surface area is 79.4 Å². The molecule has 1 nitrogen and oxygen atoms in total. The number of ether oxygens (including phenoxy) is 1. The third-order valence-electron chi connectivity index (χ3n) is 3.58. The molecule has 2 bridgehead atoms. The van der Waals surface area contributed by atoms with Crippen LogP contribution in [0, 0.1) is 5.92 Å². The van der Waals surface area contributed by atoms with Crippen molar-refractivity contribution >= 4 is 11.6 Å². The van der Waals surface area contributed by atoms with Crippen LogP contribution < -0.4 is 0 Å². The summed E-state index contributed by atoms with van der Waals surface area (Å²) in [5, 5.41) is 0. The molecule has 1 saturated heterocycles. The van der Waals surface area contributed by atoms with Gasteiger partial charge in [0.25, 0.3) is 0 Å². The zero-order valence-corrected chi connectivity index (χ0v) is 8.82. The number of alkyl halides is 1. The van der Waals surface area contributed by atoms with Crippen LogP contribution in [0.3, 0.4) is 0 Å². The van der Waals surface area contributed by atoms with E-state index in [1.807, 2.05) is 0 Å². The van der Waals surface area contributed by atoms with Gasteiger partial charge in [0.05, 0.1) is 16.6 Å². The van der Waals surface area contributed by atoms with Crippen molar-refractivity contribution in [3.05, 3.63) is 0 Å². The van der Waals surface area contributed by atoms with Crippen LogP contribution in [-0.2, 0) is 4.74 Å². The number of hydrogen-bond donors (Lipinski definition) is 0. The molecule has 0 N–H and O–H groups in total. The largest absolute Gasteiger partial charge is 0.370 e. The minimum absolute atomic E-state index is 0.0668. The highest BCUT2D eigenvalue weighted by molar-refractivity contribution is 6.24. The first-order chi connectivity index (χ1) is 5.42. The first kappa shape index (κ1) is 8.83. The molecule has 70 valence electrons. The Morgan fingerprint density at radius 3 is 2.58 bits per heavy atom. The molecule has 0 amide bonds. The van der Waals surface area contributed by atoms with Gasteiger partial charge in [0.1, 0.15) is 0 Å². The van der Waals surface area contributed by atoms with Crippen molar-refractivity contribution in [1.82, 2.24) is 0 Å². The lowest BCUT2D eigenvalue weighted by Gasteiger charge is -2.31. The molecule has 2 aliphatic rings. The number of rotatable bonds is 0. The molecule has 0 radical (unpaired) electrons. The molecule has 0 unspecified atom stereocenters. The van der Waals surface area contributed by atoms with E-state index in [9.17, 15) is 0 Å². The summed E-state index contributed by atoms with van der Waals surface area (Å²) in [5.41, 5.74) is 0.0668. The lowest BCUT2D eigenvalue weighted by molar-refractivity contribution is -0.0324. The van der Waals surface area contributed by atoms with Crippen LogP contribution in [-0.4, -0.2) is 16.6 Å². The molecular weight excluding hydrogens is 172 g/mol. The second kappa shape index (κ2) is 2.39. The Kier molecular flexibility index (Phi) is 1.76. The Balaban J connectivity index is 2.21. The standard InChI is InChI=1S/C10H17ClO/c1-9(2)7-4-5-10(3,11)8(6-7)12-9/h7-8H,4-6H2,1-3H3/t7-,8-,10-/m1/s1. The van der Waals surface area contributed by atoms with Crippen LogP contribution in [0.4, 0.5) is 0 Å². The number of fused-ring (bicyclic) bond motifs is 2. The molecule has 1 aliphatic heterocycles. The average Bonchev–Trinajstić information content (AvgIpc) is 2.17. The van der Waals surface area contributed by atoms with Gasteiger partial charge in [-0.25, -0.2) is 0 Å². The summed E-state index contributed by atoms with van der Waals surface area (Å²) in [5.74, 6) is 0.731. The molecule has 0 aromatic heterocycles. The highest BCUT2D eigenvalue weighted by atomic mass is 35.5. The molecule has 0 aromatic rings. The summed E-state index contributed by atoms with van der Waals surface area (Å²) in [4.78, 5) is -0.107. The maximum Gasteiger partial charge on any atom is 0.0775 e. The molecule has 2 heteroatoms. The predicted octanol–water partition coefficient (Wildman–Crippen LogP) is 2.96. The fourth-order valence-corrected chi connectivity index (χ4v) is 2.75. The lowest BCUT2D eigenvalue weighted by atomic mass is 9.77. The molecule has 12 heavy (non-hydrogen) atoms. The van der Waals surface area contributed by atoms with Crippen molar-refractivity contribution in [2.24, 2.45) is 5.92 Å². The normalized spacial score (nSPS) is 51.0. The summed E-state index contributed by atoms with van der Waals surface area (Å²) in [6.45, 7) is 6.49. The summed E-state index contributed by atoms with van der Waals surface area (Å²) in [6.07, 6.45) is 3.78. The minimum Gasteiger partial charge on any atom is -0.370 e. The topological polar surface area (TPSA) is 9.23 Å². The average molecular weight is 189 g/mol. The summed E-state index contributed by atoms with van der Waals surface area (Å²) in [6, 6.07) is 0. The van der Waals surface area contributed by atoms with Gasteiger partial charge in [-0.05, 0) is 46.0 Å². The Morgan fingerprint density at radius 1 is 1.33 bits per heavy atom. The van der Waals surface area contributed by atoms with Gasteiger partial charge in [-0.1, -0.05) is 0 Å². The van der Waals surface area contributed by atoms with Crippen LogP contribution in [0.1, 0.15) is 40.0 Å². The van der Waals surface area contributed by atoms with Crippen LogP contribution in [0.15, 0.2) is 0 Å². The molecule has 2 fully saturated rings. The van der Waals surface area contributed by atoms with E-state index < -0.39 is 0 Å². The van der Waals surface area contributed by atoms with E-state index in [0.29, 0.717) is 0 Å². The molecule has 3 atom stereocenters. The van der Waals surface area contributed by atoms with Crippen molar-refractivity contribution in [3.63, 3.8) is 0 Å². The van der Waals surface area contributed by atoms with Crippen LogP contribution in [0.25, 0.3) is 0 Å². The lowest BCUT2D eigenvalue weighted by Crippen LogP contribution is -2.35. The smallest absolute Gasteiger partial charge is 0.0775 e. The van der Waals surface area contributed by atoms with Crippen LogP contribution in [0.5, 0.6) is 0 Å². The van der Waals surface area contributed by atoms with Gasteiger partial charge in [-0.2, -0.15) is 0 Å². The SMILES string of the molecule is CC1(C)O[C@@H]2C[C@H]1CC[C@@]2(C)Cl. The second-order valence-electron chi connectivity index (χ2n) is 4.96. The van der Waals surface area contributed by atoms with E-state index in [1.165, 1.54) is 6.42 Å². The quantitative estimate of drug-likeness (QED) is 0.532. The summed E-state index contributed by atoms with van der Waals surface area (Å²) < 4.78 is 5.96. The fraction of sp³-hybridized carbons (Fsp3) is 1.00. The van der Waals surface area contributed by atoms with Gasteiger partial charge < -0.3 is 4.74 Å². The number of halogens is 1. The molecule has 1 aliphatic carbocycles. The van der Waals surface area contributed by atoms with Crippen LogP contribution in [0.2, 0.25) is 0 Å². The van der Waals surface area contributed by atoms with E-state index in [0.717, 1.165) is 18.8 Å². The number of hydrogen-bond acceptors (Lipinski definition) is 1. The Bertz CT molecular complexity index is 196. The fourth-order valence-electron chi connectivity index (χ4n) is 2.50. The van der Waals surface area contributed by atoms with E-state index in [4.69, 9.17) is 16.3 Å². The highest BCUT2D eigenvalue weighted by Crippen LogP contribution is 2.50. The van der Waals surface area contributed by atoms with Gasteiger partial charge in [-0.3, -0.25) is 0 Å². The molecule has 1 saturated carbocycles. The van der Waals surface area contributed by atoms with E-state index >= 15 is 0 Å². The highest BCUT2D eigenvalue weighted by Gasteiger charge is 2.51. The summed E-state index contributed by atoms with van der Waals surface area (Å²) >= 11 is 6.37. The molecule has 0 spiro atoms.